The maximum absolute atomic E-state index is 5.37. The van der Waals surface area contributed by atoms with Gasteiger partial charge in [-0.25, -0.2) is 0 Å². The maximum Gasteiger partial charge on any atom is 0.194 e. The van der Waals surface area contributed by atoms with Crippen molar-refractivity contribution < 1.29 is 4.74 Å². The summed E-state index contributed by atoms with van der Waals surface area (Å²) in [7, 11) is 0. The normalized spacial score (nSPS) is 15.0. The zero-order chi connectivity index (χ0) is 16.3. The van der Waals surface area contributed by atoms with E-state index in [2.05, 4.69) is 58.5 Å². The summed E-state index contributed by atoms with van der Waals surface area (Å²) in [5, 5.41) is 3.39. The molecule has 2 rings (SSSR count). The molecular weight excluding hydrogens is 413 g/mol. The van der Waals surface area contributed by atoms with Crippen LogP contribution in [0.4, 0.5) is 0 Å². The third kappa shape index (κ3) is 7.21. The van der Waals surface area contributed by atoms with Crippen LogP contribution in [0.15, 0.2) is 40.9 Å². The molecule has 0 atom stereocenters. The number of likely N-dealkylation sites (tertiary alicyclic amines) is 1. The van der Waals surface area contributed by atoms with E-state index in [0.29, 0.717) is 6.61 Å². The number of benzene rings is 1. The van der Waals surface area contributed by atoms with E-state index in [0.717, 1.165) is 51.6 Å². The van der Waals surface area contributed by atoms with Crippen LogP contribution in [0, 0.1) is 0 Å². The van der Waals surface area contributed by atoms with Gasteiger partial charge in [-0.2, -0.15) is 0 Å². The number of guanidine groups is 1. The maximum atomic E-state index is 5.37. The molecule has 0 spiro atoms. The van der Waals surface area contributed by atoms with Gasteiger partial charge in [-0.15, -0.1) is 24.0 Å². The third-order valence-electron chi connectivity index (χ3n) is 3.91. The number of nitrogens with zero attached hydrogens (tertiary/aromatic N) is 2. The van der Waals surface area contributed by atoms with E-state index in [1.54, 1.807) is 0 Å². The molecule has 0 aromatic heterocycles. The number of ether oxygens (including phenoxy) is 1. The zero-order valence-electron chi connectivity index (χ0n) is 14.8. The van der Waals surface area contributed by atoms with Gasteiger partial charge in [-0.1, -0.05) is 42.0 Å². The first-order valence-electron chi connectivity index (χ1n) is 8.69. The zero-order valence-corrected chi connectivity index (χ0v) is 17.2. The van der Waals surface area contributed by atoms with E-state index in [-0.39, 0.29) is 24.0 Å². The molecular formula is C19H30IN3O. The van der Waals surface area contributed by atoms with Crippen molar-refractivity contribution in [3.05, 3.63) is 41.5 Å². The van der Waals surface area contributed by atoms with E-state index in [1.807, 2.05) is 6.92 Å². The minimum Gasteiger partial charge on any atom is -0.380 e. The Kier molecular flexibility index (Phi) is 10.7. The lowest BCUT2D eigenvalue weighted by atomic mass is 10.0. The van der Waals surface area contributed by atoms with Crippen LogP contribution in [0.5, 0.6) is 0 Å². The van der Waals surface area contributed by atoms with E-state index >= 15 is 0 Å². The number of rotatable bonds is 6. The van der Waals surface area contributed by atoms with Crippen molar-refractivity contribution in [3.63, 3.8) is 0 Å². The van der Waals surface area contributed by atoms with Crippen LogP contribution in [-0.4, -0.2) is 50.3 Å². The average molecular weight is 443 g/mol. The molecule has 0 aliphatic carbocycles. The summed E-state index contributed by atoms with van der Waals surface area (Å²) < 4.78 is 5.37. The molecule has 0 saturated carbocycles. The smallest absolute Gasteiger partial charge is 0.194 e. The summed E-state index contributed by atoms with van der Waals surface area (Å²) in [5.41, 5.74) is 2.82. The first-order chi connectivity index (χ1) is 11.3. The van der Waals surface area contributed by atoms with E-state index in [9.17, 15) is 0 Å². The first kappa shape index (κ1) is 21.0. The van der Waals surface area contributed by atoms with E-state index in [4.69, 9.17) is 4.74 Å². The summed E-state index contributed by atoms with van der Waals surface area (Å²) in [6.07, 6.45) is 4.53. The van der Waals surface area contributed by atoms with Crippen LogP contribution >= 0.6 is 24.0 Å². The molecule has 0 unspecified atom stereocenters. The van der Waals surface area contributed by atoms with Crippen molar-refractivity contribution in [1.29, 1.82) is 0 Å². The monoisotopic (exact) mass is 443 g/mol. The number of hydrogen-bond donors (Lipinski definition) is 1. The fourth-order valence-electron chi connectivity index (χ4n) is 2.72. The Morgan fingerprint density at radius 3 is 2.54 bits per heavy atom. The highest BCUT2D eigenvalue weighted by Crippen LogP contribution is 2.19. The average Bonchev–Trinajstić information content (AvgIpc) is 2.59. The predicted octanol–water partition coefficient (Wildman–Crippen LogP) is 3.79. The van der Waals surface area contributed by atoms with Crippen molar-refractivity contribution in [2.75, 3.05) is 39.4 Å². The largest absolute Gasteiger partial charge is 0.380 e. The summed E-state index contributed by atoms with van der Waals surface area (Å²) >= 11 is 0. The highest BCUT2D eigenvalue weighted by Gasteiger charge is 2.16. The summed E-state index contributed by atoms with van der Waals surface area (Å²) in [4.78, 5) is 7.03. The Balaban J connectivity index is 0.00000288. The van der Waals surface area contributed by atoms with Gasteiger partial charge < -0.3 is 15.0 Å². The Morgan fingerprint density at radius 2 is 1.92 bits per heavy atom. The number of halogens is 1. The molecule has 5 heteroatoms. The Hall–Kier alpha value is -1.08. The molecule has 0 radical (unpaired) electrons. The van der Waals surface area contributed by atoms with Crippen molar-refractivity contribution >= 4 is 36.0 Å². The quantitative estimate of drug-likeness (QED) is 0.315. The van der Waals surface area contributed by atoms with Crippen LogP contribution in [0.3, 0.4) is 0 Å². The fourth-order valence-corrected chi connectivity index (χ4v) is 2.72. The fraction of sp³-hybridized carbons (Fsp3) is 0.526. The summed E-state index contributed by atoms with van der Waals surface area (Å²) in [6, 6.07) is 10.6. The van der Waals surface area contributed by atoms with Crippen LogP contribution in [-0.2, 0) is 4.74 Å². The van der Waals surface area contributed by atoms with Crippen LogP contribution < -0.4 is 5.32 Å². The molecule has 1 aliphatic heterocycles. The summed E-state index contributed by atoms with van der Waals surface area (Å²) in [5.74, 6) is 1.02. The van der Waals surface area contributed by atoms with Gasteiger partial charge in [-0.05, 0) is 32.3 Å². The Labute approximate surface area is 163 Å². The molecule has 0 bridgehead atoms. The number of nitrogens with one attached hydrogen (secondary N) is 1. The van der Waals surface area contributed by atoms with Crippen LogP contribution in [0.1, 0.15) is 32.3 Å². The van der Waals surface area contributed by atoms with Gasteiger partial charge in [0.15, 0.2) is 5.96 Å². The molecule has 1 N–H and O–H groups in total. The number of piperidine rings is 1. The molecule has 1 heterocycles. The minimum absolute atomic E-state index is 0. The van der Waals surface area contributed by atoms with Gasteiger partial charge >= 0.3 is 0 Å². The van der Waals surface area contributed by atoms with Crippen LogP contribution in [0.25, 0.3) is 6.08 Å². The van der Waals surface area contributed by atoms with Crippen molar-refractivity contribution in [2.45, 2.75) is 26.7 Å². The highest BCUT2D eigenvalue weighted by molar-refractivity contribution is 14.0. The lowest BCUT2D eigenvalue weighted by Gasteiger charge is -2.31. The lowest BCUT2D eigenvalue weighted by Crippen LogP contribution is -2.44. The molecule has 1 aliphatic rings. The van der Waals surface area contributed by atoms with Crippen molar-refractivity contribution in [1.82, 2.24) is 10.2 Å². The molecule has 134 valence electrons. The second-order valence-corrected chi connectivity index (χ2v) is 5.63. The van der Waals surface area contributed by atoms with Gasteiger partial charge in [0.05, 0.1) is 13.2 Å². The SMILES string of the molecule is CCNC(=NCCOCC)N1CCC(=Cc2ccccc2)CC1.I. The third-order valence-corrected chi connectivity index (χ3v) is 3.91. The van der Waals surface area contributed by atoms with Gasteiger partial charge in [0.25, 0.3) is 0 Å². The number of aliphatic imine (C=N–C) groups is 1. The standard InChI is InChI=1S/C19H29N3O.HI/c1-3-20-19(21-12-15-23-4-2)22-13-10-18(11-14-22)16-17-8-6-5-7-9-17;/h5-9,16H,3-4,10-15H2,1-2H3,(H,20,21);1H. The lowest BCUT2D eigenvalue weighted by molar-refractivity contribution is 0.155. The van der Waals surface area contributed by atoms with Gasteiger partial charge in [0, 0.05) is 26.2 Å². The summed E-state index contributed by atoms with van der Waals surface area (Å²) in [6.45, 7) is 9.25. The molecule has 0 amide bonds. The minimum atomic E-state index is 0. The molecule has 1 aromatic rings. The second-order valence-electron chi connectivity index (χ2n) is 5.63. The Morgan fingerprint density at radius 1 is 1.21 bits per heavy atom. The first-order valence-corrected chi connectivity index (χ1v) is 8.69. The highest BCUT2D eigenvalue weighted by atomic mass is 127. The molecule has 4 nitrogen and oxygen atoms in total. The van der Waals surface area contributed by atoms with Crippen molar-refractivity contribution in [3.8, 4) is 0 Å². The number of hydrogen-bond acceptors (Lipinski definition) is 2. The molecule has 1 saturated heterocycles. The van der Waals surface area contributed by atoms with Gasteiger partial charge in [0.1, 0.15) is 0 Å². The molecule has 24 heavy (non-hydrogen) atoms. The molecule has 1 aromatic carbocycles. The topological polar surface area (TPSA) is 36.9 Å². The van der Waals surface area contributed by atoms with Crippen molar-refractivity contribution in [2.24, 2.45) is 4.99 Å². The second kappa shape index (κ2) is 12.3. The van der Waals surface area contributed by atoms with Gasteiger partial charge in [0.2, 0.25) is 0 Å². The Bertz CT molecular complexity index is 507. The van der Waals surface area contributed by atoms with Gasteiger partial charge in [-0.3, -0.25) is 4.99 Å². The van der Waals surface area contributed by atoms with E-state index < -0.39 is 0 Å². The van der Waals surface area contributed by atoms with Crippen LogP contribution in [0.2, 0.25) is 0 Å². The molecule has 1 fully saturated rings. The van der Waals surface area contributed by atoms with E-state index in [1.165, 1.54) is 11.1 Å². The predicted molar refractivity (Wildman–Crippen MR) is 113 cm³/mol.